The summed E-state index contributed by atoms with van der Waals surface area (Å²) in [7, 11) is 1.55. The van der Waals surface area contributed by atoms with E-state index in [4.69, 9.17) is 15.2 Å². The number of halogens is 1. The SMILES string of the molecule is CCOc1ccc(-c2cc(-c3cccc(F)c3)nc(N)c2C#N)cc1OC. The van der Waals surface area contributed by atoms with Crippen LogP contribution in [0.5, 0.6) is 11.5 Å². The molecule has 2 aromatic carbocycles. The summed E-state index contributed by atoms with van der Waals surface area (Å²) in [6.45, 7) is 2.39. The first-order chi connectivity index (χ1) is 13.1. The number of aromatic nitrogens is 1. The standard InChI is InChI=1S/C21H18FN3O2/c1-3-27-19-8-7-13(10-20(19)26-2)16-11-18(25-21(24)17(16)12-23)14-5-4-6-15(22)9-14/h4-11H,3H2,1-2H3,(H2,24,25). The lowest BCUT2D eigenvalue weighted by Gasteiger charge is -2.13. The predicted molar refractivity (Wildman–Crippen MR) is 102 cm³/mol. The number of hydrogen-bond acceptors (Lipinski definition) is 5. The first-order valence-electron chi connectivity index (χ1n) is 8.35. The lowest BCUT2D eigenvalue weighted by molar-refractivity contribution is 0.311. The van der Waals surface area contributed by atoms with Gasteiger partial charge in [-0.1, -0.05) is 18.2 Å². The molecule has 3 aromatic rings. The van der Waals surface area contributed by atoms with Gasteiger partial charge in [-0.25, -0.2) is 9.37 Å². The Labute approximate surface area is 156 Å². The van der Waals surface area contributed by atoms with E-state index in [9.17, 15) is 9.65 Å². The molecule has 1 heterocycles. The molecule has 0 bridgehead atoms. The number of benzene rings is 2. The Balaban J connectivity index is 2.18. The number of rotatable bonds is 5. The Morgan fingerprint density at radius 3 is 2.59 bits per heavy atom. The number of pyridine rings is 1. The van der Waals surface area contributed by atoms with Gasteiger partial charge in [0.25, 0.3) is 0 Å². The summed E-state index contributed by atoms with van der Waals surface area (Å²) in [5.41, 5.74) is 8.63. The van der Waals surface area contributed by atoms with E-state index in [-0.39, 0.29) is 17.2 Å². The second-order valence-electron chi connectivity index (χ2n) is 5.74. The largest absolute Gasteiger partial charge is 0.493 e. The van der Waals surface area contributed by atoms with Crippen molar-refractivity contribution < 1.29 is 13.9 Å². The van der Waals surface area contributed by atoms with Crippen LogP contribution in [0, 0.1) is 17.1 Å². The van der Waals surface area contributed by atoms with Gasteiger partial charge in [-0.2, -0.15) is 5.26 Å². The highest BCUT2D eigenvalue weighted by Gasteiger charge is 2.16. The molecule has 0 saturated heterocycles. The molecule has 0 radical (unpaired) electrons. The van der Waals surface area contributed by atoms with Gasteiger partial charge in [0.15, 0.2) is 11.5 Å². The minimum atomic E-state index is -0.374. The summed E-state index contributed by atoms with van der Waals surface area (Å²) < 4.78 is 24.5. The molecule has 0 fully saturated rings. The zero-order valence-corrected chi connectivity index (χ0v) is 15.0. The van der Waals surface area contributed by atoms with Gasteiger partial charge in [-0.05, 0) is 42.8 Å². The maximum absolute atomic E-state index is 13.6. The van der Waals surface area contributed by atoms with E-state index >= 15 is 0 Å². The molecule has 6 heteroatoms. The Hall–Kier alpha value is -3.59. The van der Waals surface area contributed by atoms with Gasteiger partial charge in [-0.15, -0.1) is 0 Å². The lowest BCUT2D eigenvalue weighted by Crippen LogP contribution is -2.00. The van der Waals surface area contributed by atoms with Crippen LogP contribution in [-0.2, 0) is 0 Å². The number of nitrogens with zero attached hydrogens (tertiary/aromatic N) is 2. The maximum Gasteiger partial charge on any atom is 0.161 e. The molecular formula is C21H18FN3O2. The highest BCUT2D eigenvalue weighted by atomic mass is 19.1. The normalized spacial score (nSPS) is 10.3. The van der Waals surface area contributed by atoms with Crippen LogP contribution in [0.4, 0.5) is 10.2 Å². The van der Waals surface area contributed by atoms with Crippen LogP contribution in [-0.4, -0.2) is 18.7 Å². The topological polar surface area (TPSA) is 81.2 Å². The van der Waals surface area contributed by atoms with Crippen LogP contribution in [0.2, 0.25) is 0 Å². The van der Waals surface area contributed by atoms with Crippen molar-refractivity contribution in [1.82, 2.24) is 4.98 Å². The van der Waals surface area contributed by atoms with E-state index in [2.05, 4.69) is 11.1 Å². The monoisotopic (exact) mass is 363 g/mol. The number of nitrogens with two attached hydrogens (primary N) is 1. The van der Waals surface area contributed by atoms with Crippen molar-refractivity contribution in [3.8, 4) is 40.0 Å². The van der Waals surface area contributed by atoms with Gasteiger partial charge in [-0.3, -0.25) is 0 Å². The van der Waals surface area contributed by atoms with Gasteiger partial charge >= 0.3 is 0 Å². The number of nitriles is 1. The summed E-state index contributed by atoms with van der Waals surface area (Å²) in [5, 5.41) is 9.55. The fourth-order valence-corrected chi connectivity index (χ4v) is 2.82. The second kappa shape index (κ2) is 7.75. The summed E-state index contributed by atoms with van der Waals surface area (Å²) in [4.78, 5) is 4.26. The first kappa shape index (κ1) is 18.2. The maximum atomic E-state index is 13.6. The van der Waals surface area contributed by atoms with E-state index in [0.717, 1.165) is 5.56 Å². The zero-order chi connectivity index (χ0) is 19.4. The Morgan fingerprint density at radius 2 is 1.93 bits per heavy atom. The zero-order valence-electron chi connectivity index (χ0n) is 15.0. The Morgan fingerprint density at radius 1 is 1.11 bits per heavy atom. The number of hydrogen-bond donors (Lipinski definition) is 1. The van der Waals surface area contributed by atoms with Gasteiger partial charge in [0.2, 0.25) is 0 Å². The van der Waals surface area contributed by atoms with E-state index in [1.165, 1.54) is 12.1 Å². The molecule has 0 atom stereocenters. The number of methoxy groups -OCH3 is 1. The van der Waals surface area contributed by atoms with Crippen LogP contribution < -0.4 is 15.2 Å². The average Bonchev–Trinajstić information content (AvgIpc) is 2.68. The van der Waals surface area contributed by atoms with Crippen LogP contribution in [0.25, 0.3) is 22.4 Å². The van der Waals surface area contributed by atoms with E-state index < -0.39 is 0 Å². The van der Waals surface area contributed by atoms with Crippen LogP contribution >= 0.6 is 0 Å². The molecule has 0 amide bonds. The van der Waals surface area contributed by atoms with E-state index in [1.54, 1.807) is 37.4 Å². The summed E-state index contributed by atoms with van der Waals surface area (Å²) in [6, 6.07) is 15.2. The van der Waals surface area contributed by atoms with Crippen molar-refractivity contribution >= 4 is 5.82 Å². The summed E-state index contributed by atoms with van der Waals surface area (Å²) in [5.74, 6) is 0.860. The third kappa shape index (κ3) is 3.67. The first-order valence-corrected chi connectivity index (χ1v) is 8.35. The number of anilines is 1. The van der Waals surface area contributed by atoms with E-state index in [0.29, 0.717) is 34.9 Å². The molecule has 2 N–H and O–H groups in total. The minimum absolute atomic E-state index is 0.0853. The molecule has 0 saturated carbocycles. The molecule has 136 valence electrons. The van der Waals surface area contributed by atoms with Gasteiger partial charge in [0.05, 0.1) is 19.4 Å². The molecule has 27 heavy (non-hydrogen) atoms. The van der Waals surface area contributed by atoms with Gasteiger partial charge in [0.1, 0.15) is 23.3 Å². The van der Waals surface area contributed by atoms with Crippen molar-refractivity contribution in [1.29, 1.82) is 5.26 Å². The molecule has 0 aliphatic rings. The average molecular weight is 363 g/mol. The highest BCUT2D eigenvalue weighted by molar-refractivity contribution is 5.81. The molecule has 3 rings (SSSR count). The molecule has 0 aliphatic carbocycles. The summed E-state index contributed by atoms with van der Waals surface area (Å²) in [6.07, 6.45) is 0. The molecule has 0 aliphatic heterocycles. The molecular weight excluding hydrogens is 345 g/mol. The van der Waals surface area contributed by atoms with Crippen LogP contribution in [0.3, 0.4) is 0 Å². The quantitative estimate of drug-likeness (QED) is 0.726. The lowest BCUT2D eigenvalue weighted by atomic mass is 9.98. The van der Waals surface area contributed by atoms with Crippen molar-refractivity contribution in [2.24, 2.45) is 0 Å². The van der Waals surface area contributed by atoms with Crippen LogP contribution in [0.1, 0.15) is 12.5 Å². The fraction of sp³-hybridized carbons (Fsp3) is 0.143. The fourth-order valence-electron chi connectivity index (χ4n) is 2.82. The third-order valence-electron chi connectivity index (χ3n) is 4.05. The number of nitrogen functional groups attached to an aromatic ring is 1. The predicted octanol–water partition coefficient (Wildman–Crippen LogP) is 4.42. The van der Waals surface area contributed by atoms with Crippen molar-refractivity contribution in [2.75, 3.05) is 19.5 Å². The minimum Gasteiger partial charge on any atom is -0.493 e. The molecule has 1 aromatic heterocycles. The van der Waals surface area contributed by atoms with Crippen molar-refractivity contribution in [2.45, 2.75) is 6.92 Å². The third-order valence-corrected chi connectivity index (χ3v) is 4.05. The Bertz CT molecular complexity index is 1030. The van der Waals surface area contributed by atoms with Gasteiger partial charge in [0, 0.05) is 11.1 Å². The molecule has 5 nitrogen and oxygen atoms in total. The van der Waals surface area contributed by atoms with E-state index in [1.807, 2.05) is 13.0 Å². The second-order valence-corrected chi connectivity index (χ2v) is 5.74. The Kier molecular flexibility index (Phi) is 5.23. The molecule has 0 unspecified atom stereocenters. The van der Waals surface area contributed by atoms with Crippen LogP contribution in [0.15, 0.2) is 48.5 Å². The van der Waals surface area contributed by atoms with Gasteiger partial charge < -0.3 is 15.2 Å². The van der Waals surface area contributed by atoms with Crippen molar-refractivity contribution in [3.63, 3.8) is 0 Å². The molecule has 0 spiro atoms. The number of ether oxygens (including phenoxy) is 2. The highest BCUT2D eigenvalue weighted by Crippen LogP contribution is 2.36. The van der Waals surface area contributed by atoms with Crippen molar-refractivity contribution in [3.05, 3.63) is 59.9 Å². The summed E-state index contributed by atoms with van der Waals surface area (Å²) >= 11 is 0. The smallest absolute Gasteiger partial charge is 0.161 e.